The quantitative estimate of drug-likeness (QED) is 0.739. The Bertz CT molecular complexity index is 993. The third-order valence-corrected chi connectivity index (χ3v) is 6.28. The van der Waals surface area contributed by atoms with E-state index in [0.717, 1.165) is 34.7 Å². The number of hydrogen-bond donors (Lipinski definition) is 0. The van der Waals surface area contributed by atoms with Gasteiger partial charge < -0.3 is 9.64 Å². The summed E-state index contributed by atoms with van der Waals surface area (Å²) in [6, 6.07) is 11.4. The van der Waals surface area contributed by atoms with E-state index in [1.54, 1.807) is 24.0 Å². The molecule has 0 fully saturated rings. The molecule has 0 radical (unpaired) electrons. The van der Waals surface area contributed by atoms with Gasteiger partial charge in [-0.1, -0.05) is 29.8 Å². The first-order valence-corrected chi connectivity index (χ1v) is 11.2. The average Bonchev–Trinajstić information content (AvgIpc) is 2.66. The van der Waals surface area contributed by atoms with E-state index in [4.69, 9.17) is 16.3 Å². The number of benzene rings is 2. The van der Waals surface area contributed by atoms with E-state index in [1.807, 2.05) is 24.3 Å². The summed E-state index contributed by atoms with van der Waals surface area (Å²) < 4.78 is 31.7. The SMILES string of the molecule is COc1ccc(Cl)cc1N(C(C)C(=O)N1CCCc2ccccc21)S(C)(=O)=O. The van der Waals surface area contributed by atoms with Gasteiger partial charge in [0, 0.05) is 17.3 Å². The van der Waals surface area contributed by atoms with Crippen LogP contribution in [0.4, 0.5) is 11.4 Å². The van der Waals surface area contributed by atoms with Crippen LogP contribution in [0.15, 0.2) is 42.5 Å². The molecule has 1 aliphatic heterocycles. The van der Waals surface area contributed by atoms with Gasteiger partial charge in [-0.2, -0.15) is 0 Å². The standard InChI is InChI=1S/C20H23ClN2O4S/c1-14(20(24)22-12-6-8-15-7-4-5-9-17(15)22)23(28(3,25)26)18-13-16(21)10-11-19(18)27-2/h4-5,7,9-11,13-14H,6,8,12H2,1-3H3. The molecule has 2 aromatic rings. The minimum atomic E-state index is -3.78. The van der Waals surface area contributed by atoms with Crippen molar-refractivity contribution >= 4 is 38.9 Å². The van der Waals surface area contributed by atoms with Crippen molar-refractivity contribution in [3.8, 4) is 5.75 Å². The second kappa shape index (κ2) is 8.01. The van der Waals surface area contributed by atoms with Gasteiger partial charge in [0.25, 0.3) is 5.91 Å². The molecule has 0 N–H and O–H groups in total. The largest absolute Gasteiger partial charge is 0.495 e. The van der Waals surface area contributed by atoms with E-state index in [1.165, 1.54) is 13.2 Å². The number of anilines is 2. The van der Waals surface area contributed by atoms with Gasteiger partial charge in [0.1, 0.15) is 11.8 Å². The van der Waals surface area contributed by atoms with Crippen molar-refractivity contribution in [3.05, 3.63) is 53.1 Å². The molecule has 0 bridgehead atoms. The smallest absolute Gasteiger partial charge is 0.250 e. The highest BCUT2D eigenvalue weighted by Crippen LogP contribution is 2.35. The van der Waals surface area contributed by atoms with Crippen LogP contribution in [0.2, 0.25) is 5.02 Å². The summed E-state index contributed by atoms with van der Waals surface area (Å²) in [5, 5.41) is 0.354. The molecule has 28 heavy (non-hydrogen) atoms. The first-order valence-electron chi connectivity index (χ1n) is 8.96. The lowest BCUT2D eigenvalue weighted by Crippen LogP contribution is -2.51. The third-order valence-electron chi connectivity index (χ3n) is 4.82. The number of nitrogens with zero attached hydrogens (tertiary/aromatic N) is 2. The Hall–Kier alpha value is -2.25. The van der Waals surface area contributed by atoms with Gasteiger partial charge in [-0.05, 0) is 49.6 Å². The van der Waals surface area contributed by atoms with E-state index < -0.39 is 16.1 Å². The van der Waals surface area contributed by atoms with Crippen molar-refractivity contribution in [2.75, 3.05) is 29.1 Å². The van der Waals surface area contributed by atoms with E-state index in [0.29, 0.717) is 17.3 Å². The van der Waals surface area contributed by atoms with E-state index in [-0.39, 0.29) is 11.6 Å². The second-order valence-corrected chi connectivity index (χ2v) is 9.07. The summed E-state index contributed by atoms with van der Waals surface area (Å²) in [5.74, 6) is 0.0353. The molecule has 150 valence electrons. The van der Waals surface area contributed by atoms with Crippen LogP contribution in [-0.4, -0.2) is 40.3 Å². The molecule has 0 aliphatic carbocycles. The lowest BCUT2D eigenvalue weighted by Gasteiger charge is -2.35. The van der Waals surface area contributed by atoms with Gasteiger partial charge in [0.05, 0.1) is 19.1 Å². The monoisotopic (exact) mass is 422 g/mol. The number of halogens is 1. The Morgan fingerprint density at radius 3 is 2.64 bits per heavy atom. The summed E-state index contributed by atoms with van der Waals surface area (Å²) in [6.07, 6.45) is 2.79. The van der Waals surface area contributed by atoms with Crippen molar-refractivity contribution in [2.24, 2.45) is 0 Å². The predicted octanol–water partition coefficient (Wildman–Crippen LogP) is 3.48. The number of amides is 1. The highest BCUT2D eigenvalue weighted by molar-refractivity contribution is 7.92. The van der Waals surface area contributed by atoms with Crippen molar-refractivity contribution in [1.29, 1.82) is 0 Å². The maximum atomic E-state index is 13.4. The second-order valence-electron chi connectivity index (χ2n) is 6.77. The molecular formula is C20H23ClN2O4S. The zero-order chi connectivity index (χ0) is 20.5. The third kappa shape index (κ3) is 3.95. The van der Waals surface area contributed by atoms with Crippen molar-refractivity contribution in [1.82, 2.24) is 0 Å². The van der Waals surface area contributed by atoms with Crippen LogP contribution < -0.4 is 13.9 Å². The maximum absolute atomic E-state index is 13.4. The van der Waals surface area contributed by atoms with Gasteiger partial charge >= 0.3 is 0 Å². The molecule has 1 atom stereocenters. The molecule has 0 aromatic heterocycles. The van der Waals surface area contributed by atoms with Crippen LogP contribution in [0.25, 0.3) is 0 Å². The molecule has 0 spiro atoms. The first kappa shape index (κ1) is 20.5. The van der Waals surface area contributed by atoms with Crippen LogP contribution in [0, 0.1) is 0 Å². The molecule has 0 saturated heterocycles. The Labute approximate surface area is 170 Å². The molecule has 2 aromatic carbocycles. The summed E-state index contributed by atoms with van der Waals surface area (Å²) in [7, 11) is -2.34. The minimum Gasteiger partial charge on any atom is -0.495 e. The number of carbonyl (C=O) groups is 1. The molecule has 1 aliphatic rings. The normalized spacial score (nSPS) is 14.9. The lowest BCUT2D eigenvalue weighted by molar-refractivity contribution is -0.119. The number of ether oxygens (including phenoxy) is 1. The van der Waals surface area contributed by atoms with Gasteiger partial charge in [0.15, 0.2) is 0 Å². The van der Waals surface area contributed by atoms with E-state index in [9.17, 15) is 13.2 Å². The summed E-state index contributed by atoms with van der Waals surface area (Å²) in [6.45, 7) is 2.13. The Morgan fingerprint density at radius 1 is 1.25 bits per heavy atom. The van der Waals surface area contributed by atoms with Gasteiger partial charge in [0.2, 0.25) is 10.0 Å². The highest BCUT2D eigenvalue weighted by atomic mass is 35.5. The van der Waals surface area contributed by atoms with Crippen LogP contribution >= 0.6 is 11.6 Å². The molecule has 8 heteroatoms. The summed E-state index contributed by atoms with van der Waals surface area (Å²) in [4.78, 5) is 15.0. The lowest BCUT2D eigenvalue weighted by atomic mass is 10.0. The molecule has 3 rings (SSSR count). The fraction of sp³-hybridized carbons (Fsp3) is 0.350. The number of sulfonamides is 1. The number of fused-ring (bicyclic) bond motifs is 1. The Balaban J connectivity index is 2.04. The highest BCUT2D eigenvalue weighted by Gasteiger charge is 2.35. The minimum absolute atomic E-state index is 0.239. The predicted molar refractivity (Wildman–Crippen MR) is 112 cm³/mol. The van der Waals surface area contributed by atoms with Crippen molar-refractivity contribution < 1.29 is 17.9 Å². The molecule has 6 nitrogen and oxygen atoms in total. The van der Waals surface area contributed by atoms with Gasteiger partial charge in [-0.25, -0.2) is 8.42 Å². The number of para-hydroxylation sites is 1. The first-order chi connectivity index (χ1) is 13.2. The van der Waals surface area contributed by atoms with Gasteiger partial charge in [-0.3, -0.25) is 9.10 Å². The zero-order valence-electron chi connectivity index (χ0n) is 16.1. The molecular weight excluding hydrogens is 400 g/mol. The molecule has 1 heterocycles. The van der Waals surface area contributed by atoms with Crippen LogP contribution in [-0.2, 0) is 21.2 Å². The van der Waals surface area contributed by atoms with Crippen LogP contribution in [0.3, 0.4) is 0 Å². The van der Waals surface area contributed by atoms with E-state index >= 15 is 0 Å². The average molecular weight is 423 g/mol. The number of rotatable bonds is 5. The fourth-order valence-electron chi connectivity index (χ4n) is 3.60. The molecule has 0 saturated carbocycles. The summed E-state index contributed by atoms with van der Waals surface area (Å²) in [5.41, 5.74) is 2.15. The van der Waals surface area contributed by atoms with E-state index in [2.05, 4.69) is 0 Å². The van der Waals surface area contributed by atoms with Crippen molar-refractivity contribution in [2.45, 2.75) is 25.8 Å². The maximum Gasteiger partial charge on any atom is 0.250 e. The number of methoxy groups -OCH3 is 1. The van der Waals surface area contributed by atoms with Crippen molar-refractivity contribution in [3.63, 3.8) is 0 Å². The Kier molecular flexibility index (Phi) is 5.86. The number of carbonyl (C=O) groups excluding carboxylic acids is 1. The topological polar surface area (TPSA) is 66.9 Å². The molecule has 1 amide bonds. The van der Waals surface area contributed by atoms with Crippen LogP contribution in [0.1, 0.15) is 18.9 Å². The van der Waals surface area contributed by atoms with Gasteiger partial charge in [-0.15, -0.1) is 0 Å². The van der Waals surface area contributed by atoms with Crippen LogP contribution in [0.5, 0.6) is 5.75 Å². The molecule has 1 unspecified atom stereocenters. The number of aryl methyl sites for hydroxylation is 1. The fourth-order valence-corrected chi connectivity index (χ4v) is 4.93. The number of hydrogen-bond acceptors (Lipinski definition) is 4. The summed E-state index contributed by atoms with van der Waals surface area (Å²) >= 11 is 6.10. The zero-order valence-corrected chi connectivity index (χ0v) is 17.6. The Morgan fingerprint density at radius 2 is 1.96 bits per heavy atom.